The lowest BCUT2D eigenvalue weighted by atomic mass is 10.0. The van der Waals surface area contributed by atoms with Crippen molar-refractivity contribution in [1.82, 2.24) is 4.90 Å². The number of aromatic hydroxyl groups is 1. The van der Waals surface area contributed by atoms with Crippen LogP contribution in [0.15, 0.2) is 24.3 Å². The first-order chi connectivity index (χ1) is 8.99. The van der Waals surface area contributed by atoms with Gasteiger partial charge in [0.05, 0.1) is 6.04 Å². The molecule has 1 saturated carbocycles. The van der Waals surface area contributed by atoms with E-state index in [1.807, 2.05) is 7.05 Å². The fourth-order valence-corrected chi connectivity index (χ4v) is 2.33. The predicted molar refractivity (Wildman–Crippen MR) is 74.7 cm³/mol. The van der Waals surface area contributed by atoms with Crippen LogP contribution in [0.5, 0.6) is 5.75 Å². The largest absolute Gasteiger partial charge is 0.508 e. The van der Waals surface area contributed by atoms with E-state index < -0.39 is 6.04 Å². The third kappa shape index (κ3) is 3.47. The fourth-order valence-electron chi connectivity index (χ4n) is 2.33. The summed E-state index contributed by atoms with van der Waals surface area (Å²) >= 11 is 0. The van der Waals surface area contributed by atoms with Gasteiger partial charge in [-0.2, -0.15) is 0 Å². The monoisotopic (exact) mass is 262 g/mol. The number of rotatable bonds is 5. The number of nitrogens with two attached hydrogens (primary N) is 1. The van der Waals surface area contributed by atoms with Crippen molar-refractivity contribution in [1.29, 1.82) is 0 Å². The molecule has 0 aromatic heterocycles. The zero-order chi connectivity index (χ0) is 14.0. The molecular formula is C15H22N2O2. The van der Waals surface area contributed by atoms with Crippen LogP contribution in [0.4, 0.5) is 0 Å². The molecule has 1 aromatic carbocycles. The Bertz CT molecular complexity index is 440. The highest BCUT2D eigenvalue weighted by atomic mass is 16.3. The summed E-state index contributed by atoms with van der Waals surface area (Å²) in [4.78, 5) is 14.0. The van der Waals surface area contributed by atoms with Gasteiger partial charge < -0.3 is 15.7 Å². The van der Waals surface area contributed by atoms with Gasteiger partial charge in [-0.1, -0.05) is 12.1 Å². The summed E-state index contributed by atoms with van der Waals surface area (Å²) < 4.78 is 0. The standard InChI is InChI=1S/C15H22N2O2/c1-10(12-5-6-12)17(2)15(19)14(16)9-11-3-7-13(18)8-4-11/h3-4,7-8,10,12,14,18H,5-6,9,16H2,1-2H3/t10?,14-/m1/s1. The van der Waals surface area contributed by atoms with Crippen molar-refractivity contribution in [3.8, 4) is 5.75 Å². The number of amides is 1. The van der Waals surface area contributed by atoms with Crippen molar-refractivity contribution in [2.24, 2.45) is 11.7 Å². The zero-order valence-corrected chi connectivity index (χ0v) is 11.5. The SMILES string of the molecule is CC(C1CC1)N(C)C(=O)[C@H](N)Cc1ccc(O)cc1. The summed E-state index contributed by atoms with van der Waals surface area (Å²) in [6, 6.07) is 6.58. The van der Waals surface area contributed by atoms with Gasteiger partial charge in [0.1, 0.15) is 5.75 Å². The van der Waals surface area contributed by atoms with Crippen LogP contribution in [0, 0.1) is 5.92 Å². The molecule has 1 amide bonds. The lowest BCUT2D eigenvalue weighted by Gasteiger charge is -2.27. The number of nitrogens with zero attached hydrogens (tertiary/aromatic N) is 1. The number of likely N-dealkylation sites (N-methyl/N-ethyl adjacent to an activating group) is 1. The topological polar surface area (TPSA) is 66.6 Å². The summed E-state index contributed by atoms with van der Waals surface area (Å²) in [6.45, 7) is 2.09. The lowest BCUT2D eigenvalue weighted by molar-refractivity contribution is -0.133. The van der Waals surface area contributed by atoms with E-state index in [4.69, 9.17) is 5.73 Å². The molecule has 3 N–H and O–H groups in total. The summed E-state index contributed by atoms with van der Waals surface area (Å²) in [6.07, 6.45) is 2.93. The normalized spacial score (nSPS) is 17.8. The molecule has 2 atom stereocenters. The Kier molecular flexibility index (Phi) is 4.10. The predicted octanol–water partition coefficient (Wildman–Crippen LogP) is 1.52. The van der Waals surface area contributed by atoms with Gasteiger partial charge in [-0.3, -0.25) is 4.79 Å². The lowest BCUT2D eigenvalue weighted by Crippen LogP contribution is -2.47. The first kappa shape index (κ1) is 13.9. The first-order valence-corrected chi connectivity index (χ1v) is 6.79. The molecule has 0 saturated heterocycles. The Morgan fingerprint density at radius 2 is 2.00 bits per heavy atom. The maximum Gasteiger partial charge on any atom is 0.239 e. The second-order valence-electron chi connectivity index (χ2n) is 5.50. The smallest absolute Gasteiger partial charge is 0.239 e. The van der Waals surface area contributed by atoms with E-state index in [0.717, 1.165) is 5.56 Å². The fraction of sp³-hybridized carbons (Fsp3) is 0.533. The van der Waals surface area contributed by atoms with Crippen molar-refractivity contribution in [3.63, 3.8) is 0 Å². The molecular weight excluding hydrogens is 240 g/mol. The Balaban J connectivity index is 1.92. The van der Waals surface area contributed by atoms with Crippen molar-refractivity contribution < 1.29 is 9.90 Å². The van der Waals surface area contributed by atoms with E-state index in [-0.39, 0.29) is 17.7 Å². The molecule has 0 spiro atoms. The van der Waals surface area contributed by atoms with Crippen molar-refractivity contribution in [2.75, 3.05) is 7.05 Å². The highest BCUT2D eigenvalue weighted by molar-refractivity contribution is 5.82. The number of hydrogen-bond acceptors (Lipinski definition) is 3. The number of benzene rings is 1. The van der Waals surface area contributed by atoms with Gasteiger partial charge in [0, 0.05) is 13.1 Å². The molecule has 0 radical (unpaired) electrons. The maximum atomic E-state index is 12.2. The van der Waals surface area contributed by atoms with Crippen LogP contribution in [0.2, 0.25) is 0 Å². The number of phenolic OH excluding ortho intramolecular Hbond substituents is 1. The minimum absolute atomic E-state index is 0.00697. The van der Waals surface area contributed by atoms with Crippen molar-refractivity contribution in [3.05, 3.63) is 29.8 Å². The van der Waals surface area contributed by atoms with Gasteiger partial charge in [0.2, 0.25) is 5.91 Å². The molecule has 19 heavy (non-hydrogen) atoms. The van der Waals surface area contributed by atoms with Gasteiger partial charge in [-0.05, 0) is 49.8 Å². The maximum absolute atomic E-state index is 12.2. The summed E-state index contributed by atoms with van der Waals surface area (Å²) in [5.41, 5.74) is 6.96. The Labute approximate surface area is 114 Å². The quantitative estimate of drug-likeness (QED) is 0.845. The summed E-state index contributed by atoms with van der Waals surface area (Å²) in [5, 5.41) is 9.22. The molecule has 0 heterocycles. The highest BCUT2D eigenvalue weighted by Gasteiger charge is 2.33. The molecule has 0 aliphatic heterocycles. The molecule has 1 aliphatic carbocycles. The van der Waals surface area contributed by atoms with E-state index in [9.17, 15) is 9.90 Å². The third-order valence-electron chi connectivity index (χ3n) is 3.97. The number of carbonyl (C=O) groups excluding carboxylic acids is 1. The van der Waals surface area contributed by atoms with Crippen LogP contribution in [0.1, 0.15) is 25.3 Å². The van der Waals surface area contributed by atoms with Crippen molar-refractivity contribution >= 4 is 5.91 Å². The second kappa shape index (κ2) is 5.61. The summed E-state index contributed by atoms with van der Waals surface area (Å²) in [7, 11) is 1.84. The average Bonchev–Trinajstić information content (AvgIpc) is 3.23. The number of hydrogen-bond donors (Lipinski definition) is 2. The molecule has 1 unspecified atom stereocenters. The zero-order valence-electron chi connectivity index (χ0n) is 11.5. The Morgan fingerprint density at radius 3 is 2.53 bits per heavy atom. The minimum Gasteiger partial charge on any atom is -0.508 e. The molecule has 4 nitrogen and oxygen atoms in total. The number of carbonyl (C=O) groups is 1. The van der Waals surface area contributed by atoms with E-state index in [1.54, 1.807) is 29.2 Å². The first-order valence-electron chi connectivity index (χ1n) is 6.79. The molecule has 1 fully saturated rings. The minimum atomic E-state index is -0.518. The van der Waals surface area contributed by atoms with Gasteiger partial charge in [0.25, 0.3) is 0 Å². The highest BCUT2D eigenvalue weighted by Crippen LogP contribution is 2.34. The molecule has 4 heteroatoms. The van der Waals surface area contributed by atoms with E-state index >= 15 is 0 Å². The van der Waals surface area contributed by atoms with Crippen LogP contribution in [0.3, 0.4) is 0 Å². The molecule has 104 valence electrons. The van der Waals surface area contributed by atoms with Crippen LogP contribution < -0.4 is 5.73 Å². The third-order valence-corrected chi connectivity index (χ3v) is 3.97. The van der Waals surface area contributed by atoms with Gasteiger partial charge in [0.15, 0.2) is 0 Å². The van der Waals surface area contributed by atoms with Crippen LogP contribution in [0.25, 0.3) is 0 Å². The second-order valence-corrected chi connectivity index (χ2v) is 5.50. The van der Waals surface area contributed by atoms with Gasteiger partial charge >= 0.3 is 0 Å². The van der Waals surface area contributed by atoms with E-state index in [0.29, 0.717) is 12.3 Å². The van der Waals surface area contributed by atoms with Gasteiger partial charge in [-0.25, -0.2) is 0 Å². The van der Waals surface area contributed by atoms with E-state index in [2.05, 4.69) is 6.92 Å². The van der Waals surface area contributed by atoms with Crippen LogP contribution in [-0.4, -0.2) is 35.0 Å². The number of phenols is 1. The van der Waals surface area contributed by atoms with Crippen molar-refractivity contribution in [2.45, 2.75) is 38.3 Å². The molecule has 1 aromatic rings. The van der Waals surface area contributed by atoms with E-state index in [1.165, 1.54) is 12.8 Å². The molecule has 1 aliphatic rings. The van der Waals surface area contributed by atoms with Crippen LogP contribution >= 0.6 is 0 Å². The van der Waals surface area contributed by atoms with Crippen LogP contribution in [-0.2, 0) is 11.2 Å². The Morgan fingerprint density at radius 1 is 1.42 bits per heavy atom. The Hall–Kier alpha value is -1.55. The summed E-state index contributed by atoms with van der Waals surface area (Å²) in [5.74, 6) is 0.866. The van der Waals surface area contributed by atoms with Gasteiger partial charge in [-0.15, -0.1) is 0 Å². The average molecular weight is 262 g/mol. The molecule has 0 bridgehead atoms. The molecule has 2 rings (SSSR count).